The van der Waals surface area contributed by atoms with E-state index in [2.05, 4.69) is 15.0 Å². The molecule has 0 bridgehead atoms. The number of aromatic nitrogens is 3. The van der Waals surface area contributed by atoms with Gasteiger partial charge in [-0.05, 0) is 18.2 Å². The Morgan fingerprint density at radius 1 is 1.19 bits per heavy atom. The van der Waals surface area contributed by atoms with Gasteiger partial charge in [0.25, 0.3) is 5.56 Å². The van der Waals surface area contributed by atoms with E-state index in [0.29, 0.717) is 36.4 Å². The lowest BCUT2D eigenvalue weighted by atomic mass is 10.2. The average molecular weight is 376 g/mol. The second kappa shape index (κ2) is 6.57. The van der Waals surface area contributed by atoms with Crippen molar-refractivity contribution in [2.75, 3.05) is 18.0 Å². The number of rotatable bonds is 3. The number of alkyl halides is 3. The summed E-state index contributed by atoms with van der Waals surface area (Å²) in [6.45, 7) is 1.05. The number of anilines is 1. The fourth-order valence-corrected chi connectivity index (χ4v) is 3.03. The quantitative estimate of drug-likeness (QED) is 0.761. The summed E-state index contributed by atoms with van der Waals surface area (Å²) in [5, 5.41) is 0.516. The molecule has 27 heavy (non-hydrogen) atoms. The number of fused-ring (bicyclic) bond motifs is 1. The fraction of sp³-hybridized carbons (Fsp3) is 0.278. The SMILES string of the molecule is O=c1[nH]c(N2CCC(Oc3ccc(C(F)(F)F)cn3)C2)nc2ccccc12. The van der Waals surface area contributed by atoms with Gasteiger partial charge in [-0.1, -0.05) is 12.1 Å². The van der Waals surface area contributed by atoms with Crippen LogP contribution in [0.4, 0.5) is 19.1 Å². The van der Waals surface area contributed by atoms with Gasteiger partial charge < -0.3 is 9.64 Å². The zero-order chi connectivity index (χ0) is 19.0. The summed E-state index contributed by atoms with van der Waals surface area (Å²) in [5.74, 6) is 0.583. The molecule has 0 radical (unpaired) electrons. The molecule has 0 aliphatic carbocycles. The number of benzene rings is 1. The van der Waals surface area contributed by atoms with Crippen LogP contribution in [0.5, 0.6) is 5.88 Å². The van der Waals surface area contributed by atoms with E-state index in [1.807, 2.05) is 11.0 Å². The Labute approximate surface area is 151 Å². The van der Waals surface area contributed by atoms with Crippen molar-refractivity contribution < 1.29 is 17.9 Å². The predicted molar refractivity (Wildman–Crippen MR) is 92.8 cm³/mol. The van der Waals surface area contributed by atoms with Crippen LogP contribution in [0.2, 0.25) is 0 Å². The van der Waals surface area contributed by atoms with Gasteiger partial charge in [0.05, 0.1) is 23.0 Å². The Hall–Kier alpha value is -3.10. The third-order valence-electron chi connectivity index (χ3n) is 4.40. The molecular weight excluding hydrogens is 361 g/mol. The summed E-state index contributed by atoms with van der Waals surface area (Å²) in [6, 6.07) is 9.21. The first-order valence-electron chi connectivity index (χ1n) is 8.34. The number of H-pyrrole nitrogens is 1. The van der Waals surface area contributed by atoms with Crippen LogP contribution < -0.4 is 15.2 Å². The van der Waals surface area contributed by atoms with Crippen molar-refractivity contribution in [2.24, 2.45) is 0 Å². The van der Waals surface area contributed by atoms with Gasteiger partial charge in [-0.3, -0.25) is 9.78 Å². The number of nitrogens with zero attached hydrogens (tertiary/aromatic N) is 3. The first-order chi connectivity index (χ1) is 12.9. The van der Waals surface area contributed by atoms with Crippen molar-refractivity contribution >= 4 is 16.9 Å². The number of hydrogen-bond donors (Lipinski definition) is 1. The van der Waals surface area contributed by atoms with Crippen molar-refractivity contribution in [1.82, 2.24) is 15.0 Å². The van der Waals surface area contributed by atoms with E-state index in [0.717, 1.165) is 12.3 Å². The van der Waals surface area contributed by atoms with Crippen molar-refractivity contribution in [3.63, 3.8) is 0 Å². The highest BCUT2D eigenvalue weighted by molar-refractivity contribution is 5.78. The summed E-state index contributed by atoms with van der Waals surface area (Å²) in [6.07, 6.45) is -3.29. The predicted octanol–water partition coefficient (Wildman–Crippen LogP) is 2.99. The minimum absolute atomic E-state index is 0.134. The van der Waals surface area contributed by atoms with Gasteiger partial charge in [-0.25, -0.2) is 9.97 Å². The maximum Gasteiger partial charge on any atom is 0.417 e. The number of pyridine rings is 1. The highest BCUT2D eigenvalue weighted by Crippen LogP contribution is 2.29. The second-order valence-electron chi connectivity index (χ2n) is 6.26. The summed E-state index contributed by atoms with van der Waals surface area (Å²) in [7, 11) is 0. The average Bonchev–Trinajstić information content (AvgIpc) is 3.10. The largest absolute Gasteiger partial charge is 0.472 e. The van der Waals surface area contributed by atoms with Crippen LogP contribution in [0.15, 0.2) is 47.4 Å². The molecule has 1 fully saturated rings. The highest BCUT2D eigenvalue weighted by Gasteiger charge is 2.31. The van der Waals surface area contributed by atoms with E-state index >= 15 is 0 Å². The molecular formula is C18H15F3N4O2. The summed E-state index contributed by atoms with van der Waals surface area (Å²) in [4.78, 5) is 25.0. The molecule has 4 rings (SSSR count). The number of ether oxygens (including phenoxy) is 1. The van der Waals surface area contributed by atoms with Crippen LogP contribution >= 0.6 is 0 Å². The van der Waals surface area contributed by atoms with Crippen LogP contribution in [-0.4, -0.2) is 34.1 Å². The molecule has 3 heterocycles. The monoisotopic (exact) mass is 376 g/mol. The molecule has 1 unspecified atom stereocenters. The fourth-order valence-electron chi connectivity index (χ4n) is 3.03. The Kier molecular flexibility index (Phi) is 4.21. The summed E-state index contributed by atoms with van der Waals surface area (Å²) < 4.78 is 43.4. The number of para-hydroxylation sites is 1. The normalized spacial score (nSPS) is 17.4. The zero-order valence-electron chi connectivity index (χ0n) is 14.0. The lowest BCUT2D eigenvalue weighted by Gasteiger charge is -2.17. The second-order valence-corrected chi connectivity index (χ2v) is 6.26. The van der Waals surface area contributed by atoms with Gasteiger partial charge in [0.1, 0.15) is 6.10 Å². The van der Waals surface area contributed by atoms with E-state index in [9.17, 15) is 18.0 Å². The molecule has 1 atom stereocenters. The Morgan fingerprint density at radius 2 is 2.00 bits per heavy atom. The van der Waals surface area contributed by atoms with E-state index < -0.39 is 11.7 Å². The molecule has 140 valence electrons. The third-order valence-corrected chi connectivity index (χ3v) is 4.40. The first-order valence-corrected chi connectivity index (χ1v) is 8.34. The molecule has 1 aliphatic heterocycles. The van der Waals surface area contributed by atoms with E-state index in [1.165, 1.54) is 6.07 Å². The molecule has 0 spiro atoms. The zero-order valence-corrected chi connectivity index (χ0v) is 14.0. The minimum atomic E-state index is -4.43. The van der Waals surface area contributed by atoms with Gasteiger partial charge in [-0.15, -0.1) is 0 Å². The van der Waals surface area contributed by atoms with Gasteiger partial charge >= 0.3 is 6.18 Å². The van der Waals surface area contributed by atoms with Crippen molar-refractivity contribution in [1.29, 1.82) is 0 Å². The van der Waals surface area contributed by atoms with Crippen LogP contribution in [-0.2, 0) is 6.18 Å². The van der Waals surface area contributed by atoms with Gasteiger partial charge in [0.15, 0.2) is 0 Å². The Balaban J connectivity index is 1.47. The molecule has 6 nitrogen and oxygen atoms in total. The van der Waals surface area contributed by atoms with Crippen LogP contribution in [0.1, 0.15) is 12.0 Å². The van der Waals surface area contributed by atoms with Crippen molar-refractivity contribution in [3.8, 4) is 5.88 Å². The first kappa shape index (κ1) is 17.3. The molecule has 1 saturated heterocycles. The number of aromatic amines is 1. The van der Waals surface area contributed by atoms with Gasteiger partial charge in [0, 0.05) is 25.2 Å². The summed E-state index contributed by atoms with van der Waals surface area (Å²) >= 11 is 0. The maximum atomic E-state index is 12.6. The summed E-state index contributed by atoms with van der Waals surface area (Å²) in [5.41, 5.74) is -0.435. The van der Waals surface area contributed by atoms with Crippen LogP contribution in [0, 0.1) is 0 Å². The molecule has 0 saturated carbocycles. The minimum Gasteiger partial charge on any atom is -0.472 e. The Bertz CT molecular complexity index is 1020. The molecule has 2 aromatic heterocycles. The van der Waals surface area contributed by atoms with E-state index in [-0.39, 0.29) is 17.5 Å². The molecule has 9 heteroatoms. The van der Waals surface area contributed by atoms with Crippen molar-refractivity contribution in [2.45, 2.75) is 18.7 Å². The lowest BCUT2D eigenvalue weighted by molar-refractivity contribution is -0.137. The molecule has 1 aromatic carbocycles. The number of halogens is 3. The van der Waals surface area contributed by atoms with E-state index in [4.69, 9.17) is 4.74 Å². The smallest absolute Gasteiger partial charge is 0.417 e. The third kappa shape index (κ3) is 3.57. The van der Waals surface area contributed by atoms with Gasteiger partial charge in [0.2, 0.25) is 11.8 Å². The number of hydrogen-bond acceptors (Lipinski definition) is 5. The van der Waals surface area contributed by atoms with Crippen LogP contribution in [0.25, 0.3) is 10.9 Å². The molecule has 3 aromatic rings. The number of nitrogens with one attached hydrogen (secondary N) is 1. The Morgan fingerprint density at radius 3 is 2.74 bits per heavy atom. The lowest BCUT2D eigenvalue weighted by Crippen LogP contribution is -2.28. The van der Waals surface area contributed by atoms with Crippen molar-refractivity contribution in [3.05, 3.63) is 58.5 Å². The topological polar surface area (TPSA) is 71.1 Å². The molecule has 1 aliphatic rings. The maximum absolute atomic E-state index is 12.6. The highest BCUT2D eigenvalue weighted by atomic mass is 19.4. The standard InChI is InChI=1S/C18H15F3N4O2/c19-18(20,21)11-5-6-15(22-9-11)27-12-7-8-25(10-12)17-23-14-4-2-1-3-13(14)16(26)24-17/h1-6,9,12H,7-8,10H2,(H,23,24,26). The molecule has 0 amide bonds. The van der Waals surface area contributed by atoms with Crippen LogP contribution in [0.3, 0.4) is 0 Å². The van der Waals surface area contributed by atoms with Gasteiger partial charge in [-0.2, -0.15) is 13.2 Å². The van der Waals surface area contributed by atoms with E-state index in [1.54, 1.807) is 18.2 Å². The molecule has 1 N–H and O–H groups in total.